The van der Waals surface area contributed by atoms with Gasteiger partial charge in [-0.3, -0.25) is 0 Å². The number of nitrogens with zero attached hydrogens (tertiary/aromatic N) is 1. The van der Waals surface area contributed by atoms with Crippen molar-refractivity contribution in [3.8, 4) is 5.75 Å². The lowest BCUT2D eigenvalue weighted by Gasteiger charge is -2.18. The van der Waals surface area contributed by atoms with Gasteiger partial charge < -0.3 is 9.84 Å². The summed E-state index contributed by atoms with van der Waals surface area (Å²) in [6.07, 6.45) is 0.616. The monoisotopic (exact) mass is 270 g/mol. The summed E-state index contributed by atoms with van der Waals surface area (Å²) in [6, 6.07) is 4.52. The third-order valence-electron chi connectivity index (χ3n) is 1.75. The van der Waals surface area contributed by atoms with Crippen molar-refractivity contribution < 1.29 is 14.6 Å². The molecule has 0 saturated heterocycles. The number of carbonyl (C=O) groups excluding carboxylic acids is 1. The fraction of sp³-hybridized carbons (Fsp3) is 0.333. The highest BCUT2D eigenvalue weighted by Crippen LogP contribution is 2.19. The van der Waals surface area contributed by atoms with Gasteiger partial charge in [0, 0.05) is 10.6 Å². The molecular formula is C12H15ClN2O3. The predicted molar refractivity (Wildman–Crippen MR) is 70.1 cm³/mol. The molecule has 18 heavy (non-hydrogen) atoms. The summed E-state index contributed by atoms with van der Waals surface area (Å²) in [7, 11) is 0. The number of phenolic OH excluding ortho intramolecular Hbond substituents is 1. The number of rotatable bonds is 2. The van der Waals surface area contributed by atoms with E-state index in [1.807, 2.05) is 0 Å². The number of hydrazone groups is 1. The van der Waals surface area contributed by atoms with Gasteiger partial charge in [-0.2, -0.15) is 5.10 Å². The Morgan fingerprint density at radius 2 is 2.17 bits per heavy atom. The smallest absolute Gasteiger partial charge is 0.428 e. The zero-order chi connectivity index (χ0) is 13.8. The van der Waals surface area contributed by atoms with Gasteiger partial charge in [0.15, 0.2) is 0 Å². The Morgan fingerprint density at radius 3 is 2.78 bits per heavy atom. The van der Waals surface area contributed by atoms with Crippen molar-refractivity contribution in [3.05, 3.63) is 28.8 Å². The molecule has 1 aromatic carbocycles. The molecular weight excluding hydrogens is 256 g/mol. The molecule has 0 radical (unpaired) electrons. The number of benzene rings is 1. The van der Waals surface area contributed by atoms with Crippen molar-refractivity contribution in [1.29, 1.82) is 0 Å². The molecule has 0 unspecified atom stereocenters. The van der Waals surface area contributed by atoms with Gasteiger partial charge in [0.1, 0.15) is 11.4 Å². The zero-order valence-corrected chi connectivity index (χ0v) is 11.2. The number of hydrogen-bond acceptors (Lipinski definition) is 4. The van der Waals surface area contributed by atoms with E-state index >= 15 is 0 Å². The average Bonchev–Trinajstić information content (AvgIpc) is 2.20. The fourth-order valence-corrected chi connectivity index (χ4v) is 1.26. The van der Waals surface area contributed by atoms with E-state index in [1.165, 1.54) is 18.3 Å². The fourth-order valence-electron chi connectivity index (χ4n) is 1.08. The molecule has 0 saturated carbocycles. The third kappa shape index (κ3) is 5.05. The second-order valence-electron chi connectivity index (χ2n) is 4.58. The molecule has 0 atom stereocenters. The summed E-state index contributed by atoms with van der Waals surface area (Å²) in [6.45, 7) is 5.25. The first-order valence-corrected chi connectivity index (χ1v) is 5.66. The van der Waals surface area contributed by atoms with Gasteiger partial charge in [-0.15, -0.1) is 0 Å². The van der Waals surface area contributed by atoms with Crippen molar-refractivity contribution in [2.75, 3.05) is 0 Å². The van der Waals surface area contributed by atoms with Gasteiger partial charge in [-0.1, -0.05) is 11.6 Å². The molecule has 98 valence electrons. The van der Waals surface area contributed by atoms with E-state index in [4.69, 9.17) is 16.3 Å². The summed E-state index contributed by atoms with van der Waals surface area (Å²) in [5.41, 5.74) is 2.00. The minimum Gasteiger partial charge on any atom is -0.507 e. The predicted octanol–water partition coefficient (Wildman–Crippen LogP) is 2.90. The molecule has 0 aliphatic rings. The van der Waals surface area contributed by atoms with Crippen molar-refractivity contribution in [1.82, 2.24) is 5.43 Å². The summed E-state index contributed by atoms with van der Waals surface area (Å²) in [4.78, 5) is 11.3. The van der Waals surface area contributed by atoms with Gasteiger partial charge >= 0.3 is 6.09 Å². The lowest BCUT2D eigenvalue weighted by molar-refractivity contribution is 0.0529. The largest absolute Gasteiger partial charge is 0.507 e. The van der Waals surface area contributed by atoms with E-state index in [-0.39, 0.29) is 5.75 Å². The minimum atomic E-state index is -0.666. The molecule has 0 aliphatic carbocycles. The Bertz CT molecular complexity index is 467. The summed E-state index contributed by atoms with van der Waals surface area (Å²) in [5, 5.41) is 13.6. The normalized spacial score (nSPS) is 11.6. The van der Waals surface area contributed by atoms with E-state index in [9.17, 15) is 9.90 Å². The van der Waals surface area contributed by atoms with Crippen molar-refractivity contribution in [2.24, 2.45) is 5.10 Å². The maximum Gasteiger partial charge on any atom is 0.428 e. The molecule has 0 aliphatic heterocycles. The highest BCUT2D eigenvalue weighted by atomic mass is 35.5. The number of carbonyl (C=O) groups is 1. The number of aromatic hydroxyl groups is 1. The molecule has 0 spiro atoms. The first kappa shape index (κ1) is 14.3. The lowest BCUT2D eigenvalue weighted by atomic mass is 10.2. The molecule has 5 nitrogen and oxygen atoms in total. The third-order valence-corrected chi connectivity index (χ3v) is 1.98. The molecule has 2 N–H and O–H groups in total. The number of nitrogens with one attached hydrogen (secondary N) is 1. The number of halogens is 1. The Morgan fingerprint density at radius 1 is 1.50 bits per heavy atom. The number of amides is 1. The van der Waals surface area contributed by atoms with Gasteiger partial charge in [0.05, 0.1) is 6.21 Å². The van der Waals surface area contributed by atoms with Crippen LogP contribution in [0.3, 0.4) is 0 Å². The van der Waals surface area contributed by atoms with Crippen LogP contribution in [0, 0.1) is 0 Å². The Kier molecular flexibility index (Phi) is 4.55. The van der Waals surface area contributed by atoms with Crippen LogP contribution < -0.4 is 5.43 Å². The maximum atomic E-state index is 11.3. The highest BCUT2D eigenvalue weighted by molar-refractivity contribution is 6.30. The van der Waals surface area contributed by atoms with E-state index in [0.29, 0.717) is 10.6 Å². The van der Waals surface area contributed by atoms with E-state index in [0.717, 1.165) is 0 Å². The van der Waals surface area contributed by atoms with E-state index in [1.54, 1.807) is 26.8 Å². The molecule has 6 heteroatoms. The van der Waals surface area contributed by atoms with Gasteiger partial charge in [-0.05, 0) is 39.0 Å². The lowest BCUT2D eigenvalue weighted by Crippen LogP contribution is -2.29. The first-order chi connectivity index (χ1) is 8.28. The van der Waals surface area contributed by atoms with Gasteiger partial charge in [0.2, 0.25) is 0 Å². The quantitative estimate of drug-likeness (QED) is 0.641. The number of hydrogen-bond donors (Lipinski definition) is 2. The van der Waals surface area contributed by atoms with Crippen LogP contribution in [0.2, 0.25) is 5.02 Å². The second kappa shape index (κ2) is 5.73. The topological polar surface area (TPSA) is 70.9 Å². The van der Waals surface area contributed by atoms with Gasteiger partial charge in [0.25, 0.3) is 0 Å². The molecule has 1 rings (SSSR count). The molecule has 0 heterocycles. The first-order valence-electron chi connectivity index (χ1n) is 5.28. The van der Waals surface area contributed by atoms with Crippen LogP contribution in [0.25, 0.3) is 0 Å². The summed E-state index contributed by atoms with van der Waals surface area (Å²) < 4.78 is 4.98. The van der Waals surface area contributed by atoms with Crippen molar-refractivity contribution in [3.63, 3.8) is 0 Å². The molecule has 1 amide bonds. The number of ether oxygens (including phenoxy) is 1. The van der Waals surface area contributed by atoms with Crippen LogP contribution in [0.4, 0.5) is 4.79 Å². The van der Waals surface area contributed by atoms with Crippen LogP contribution in [-0.4, -0.2) is 23.0 Å². The van der Waals surface area contributed by atoms with Crippen LogP contribution in [0.1, 0.15) is 26.3 Å². The van der Waals surface area contributed by atoms with Crippen LogP contribution in [0.5, 0.6) is 5.75 Å². The zero-order valence-electron chi connectivity index (χ0n) is 10.4. The Balaban J connectivity index is 2.60. The Labute approximate surface area is 110 Å². The molecule has 1 aromatic rings. The van der Waals surface area contributed by atoms with Crippen LogP contribution in [-0.2, 0) is 4.74 Å². The SMILES string of the molecule is CC(C)(C)OC(=O)N/N=C/c1cc(Cl)ccc1O. The molecule has 0 bridgehead atoms. The average molecular weight is 271 g/mol. The highest BCUT2D eigenvalue weighted by Gasteiger charge is 2.15. The van der Waals surface area contributed by atoms with Crippen molar-refractivity contribution in [2.45, 2.75) is 26.4 Å². The molecule has 0 aromatic heterocycles. The second-order valence-corrected chi connectivity index (χ2v) is 5.01. The van der Waals surface area contributed by atoms with Crippen LogP contribution in [0.15, 0.2) is 23.3 Å². The van der Waals surface area contributed by atoms with Crippen molar-refractivity contribution >= 4 is 23.9 Å². The van der Waals surface area contributed by atoms with Gasteiger partial charge in [-0.25, -0.2) is 10.2 Å². The van der Waals surface area contributed by atoms with Crippen LogP contribution >= 0.6 is 11.6 Å². The minimum absolute atomic E-state index is 0.0224. The van der Waals surface area contributed by atoms with E-state index in [2.05, 4.69) is 10.5 Å². The van der Waals surface area contributed by atoms with E-state index < -0.39 is 11.7 Å². The number of phenols is 1. The molecule has 0 fully saturated rings. The Hall–Kier alpha value is -1.75. The summed E-state index contributed by atoms with van der Waals surface area (Å²) in [5.74, 6) is 0.0224. The summed E-state index contributed by atoms with van der Waals surface area (Å²) >= 11 is 5.76. The standard InChI is InChI=1S/C12H15ClN2O3/c1-12(2,3)18-11(17)15-14-7-8-6-9(13)4-5-10(8)16/h4-7,16H,1-3H3,(H,15,17)/b14-7+. The maximum absolute atomic E-state index is 11.3.